The van der Waals surface area contributed by atoms with Crippen molar-refractivity contribution in [1.29, 1.82) is 0 Å². The summed E-state index contributed by atoms with van der Waals surface area (Å²) in [4.78, 5) is -0.243. The lowest BCUT2D eigenvalue weighted by atomic mass is 10.1. The number of nitrogens with two attached hydrogens (primary N) is 1. The lowest BCUT2D eigenvalue weighted by molar-refractivity contribution is 0.320. The van der Waals surface area contributed by atoms with Gasteiger partial charge in [0.1, 0.15) is 10.7 Å². The highest BCUT2D eigenvalue weighted by Gasteiger charge is 2.32. The molecule has 20 heavy (non-hydrogen) atoms. The van der Waals surface area contributed by atoms with E-state index in [0.29, 0.717) is 25.9 Å². The summed E-state index contributed by atoms with van der Waals surface area (Å²) >= 11 is 11.6. The van der Waals surface area contributed by atoms with Crippen molar-refractivity contribution in [3.63, 3.8) is 0 Å². The molecule has 1 heterocycles. The van der Waals surface area contributed by atoms with Gasteiger partial charge in [-0.1, -0.05) is 23.2 Å². The van der Waals surface area contributed by atoms with Gasteiger partial charge in [-0.3, -0.25) is 0 Å². The van der Waals surface area contributed by atoms with Crippen LogP contribution in [0.1, 0.15) is 12.8 Å². The van der Waals surface area contributed by atoms with E-state index in [2.05, 4.69) is 0 Å². The van der Waals surface area contributed by atoms with E-state index in [-0.39, 0.29) is 33.4 Å². The van der Waals surface area contributed by atoms with E-state index in [1.807, 2.05) is 0 Å². The van der Waals surface area contributed by atoms with Crippen molar-refractivity contribution >= 4 is 45.6 Å². The quantitative estimate of drug-likeness (QED) is 0.878. The van der Waals surface area contributed by atoms with Gasteiger partial charge in [0.05, 0.1) is 10.0 Å². The zero-order chi connectivity index (χ0) is 14.2. The van der Waals surface area contributed by atoms with Crippen LogP contribution < -0.4 is 5.73 Å². The van der Waals surface area contributed by atoms with Crippen molar-refractivity contribution in [1.82, 2.24) is 4.31 Å². The second kappa shape index (κ2) is 6.77. The molecule has 1 aliphatic rings. The van der Waals surface area contributed by atoms with Crippen LogP contribution in [0.25, 0.3) is 0 Å². The Hall–Kier alpha value is -0.110. The number of nitrogens with zero attached hydrogens (tertiary/aromatic N) is 1. The van der Waals surface area contributed by atoms with Gasteiger partial charge in [-0.25, -0.2) is 12.8 Å². The summed E-state index contributed by atoms with van der Waals surface area (Å²) < 4.78 is 39.3. The normalized spacial score (nSPS) is 17.8. The maximum Gasteiger partial charge on any atom is 0.246 e. The van der Waals surface area contributed by atoms with Gasteiger partial charge in [-0.2, -0.15) is 4.31 Å². The Labute approximate surface area is 133 Å². The van der Waals surface area contributed by atoms with Gasteiger partial charge < -0.3 is 5.73 Å². The first-order valence-electron chi connectivity index (χ1n) is 5.72. The molecule has 0 unspecified atom stereocenters. The largest absolute Gasteiger partial charge is 0.328 e. The van der Waals surface area contributed by atoms with Gasteiger partial charge in [0, 0.05) is 19.1 Å². The van der Waals surface area contributed by atoms with E-state index < -0.39 is 15.8 Å². The lowest BCUT2D eigenvalue weighted by Gasteiger charge is -2.29. The number of benzene rings is 1. The van der Waals surface area contributed by atoms with Gasteiger partial charge in [0.15, 0.2) is 0 Å². The summed E-state index contributed by atoms with van der Waals surface area (Å²) in [5.41, 5.74) is 5.74. The molecule has 0 spiro atoms. The van der Waals surface area contributed by atoms with Gasteiger partial charge in [-0.15, -0.1) is 12.4 Å². The first kappa shape index (κ1) is 17.9. The van der Waals surface area contributed by atoms with Crippen LogP contribution in [0.5, 0.6) is 0 Å². The fourth-order valence-electron chi connectivity index (χ4n) is 2.02. The predicted molar refractivity (Wildman–Crippen MR) is 79.6 cm³/mol. The molecule has 114 valence electrons. The van der Waals surface area contributed by atoms with E-state index >= 15 is 0 Å². The van der Waals surface area contributed by atoms with Crippen LogP contribution in [0.15, 0.2) is 17.0 Å². The standard InChI is InChI=1S/C11H13Cl2FN2O2S.ClH/c12-9-5-7(14)6-10(13)11(9)19(17,18)16-3-1-8(15)2-4-16;/h5-6,8H,1-4,15H2;1H. The van der Waals surface area contributed by atoms with Crippen molar-refractivity contribution in [3.8, 4) is 0 Å². The molecule has 0 aliphatic carbocycles. The molecule has 0 aromatic heterocycles. The molecule has 9 heteroatoms. The number of rotatable bonds is 2. The first-order chi connectivity index (χ1) is 8.82. The van der Waals surface area contributed by atoms with Crippen molar-refractivity contribution in [2.75, 3.05) is 13.1 Å². The number of halogens is 4. The Bertz CT molecular complexity index is 566. The molecule has 1 aromatic rings. The zero-order valence-electron chi connectivity index (χ0n) is 10.4. The molecule has 2 N–H and O–H groups in total. The minimum Gasteiger partial charge on any atom is -0.328 e. The summed E-state index contributed by atoms with van der Waals surface area (Å²) in [6.07, 6.45) is 1.16. The molecule has 1 fully saturated rings. The average Bonchev–Trinajstić information content (AvgIpc) is 2.27. The van der Waals surface area contributed by atoms with Crippen molar-refractivity contribution in [2.45, 2.75) is 23.8 Å². The van der Waals surface area contributed by atoms with Gasteiger partial charge in [0.2, 0.25) is 10.0 Å². The number of hydrogen-bond acceptors (Lipinski definition) is 3. The van der Waals surface area contributed by atoms with Crippen LogP contribution in [0.4, 0.5) is 4.39 Å². The summed E-state index contributed by atoms with van der Waals surface area (Å²) in [5.74, 6) is -0.672. The Kier molecular flexibility index (Phi) is 6.07. The molecule has 4 nitrogen and oxygen atoms in total. The molecular weight excluding hydrogens is 350 g/mol. The molecule has 0 saturated carbocycles. The number of hydrogen-bond donors (Lipinski definition) is 1. The highest BCUT2D eigenvalue weighted by molar-refractivity contribution is 7.89. The molecule has 0 bridgehead atoms. The van der Waals surface area contributed by atoms with Crippen LogP contribution in [0, 0.1) is 5.82 Å². The predicted octanol–water partition coefficient (Wildman–Crippen LogP) is 2.67. The van der Waals surface area contributed by atoms with E-state index in [9.17, 15) is 12.8 Å². The second-order valence-corrected chi connectivity index (χ2v) is 7.13. The van der Waals surface area contributed by atoms with Crippen LogP contribution in [-0.2, 0) is 10.0 Å². The monoisotopic (exact) mass is 362 g/mol. The summed E-state index contributed by atoms with van der Waals surface area (Å²) in [6.45, 7) is 0.626. The van der Waals surface area contributed by atoms with Gasteiger partial charge in [-0.05, 0) is 25.0 Å². The maximum absolute atomic E-state index is 13.1. The highest BCUT2D eigenvalue weighted by Crippen LogP contribution is 2.33. The third kappa shape index (κ3) is 3.55. The van der Waals surface area contributed by atoms with E-state index in [1.54, 1.807) is 0 Å². The topological polar surface area (TPSA) is 63.4 Å². The fraction of sp³-hybridized carbons (Fsp3) is 0.455. The molecule has 0 radical (unpaired) electrons. The Morgan fingerprint density at radius 3 is 2.10 bits per heavy atom. The molecule has 1 aliphatic heterocycles. The van der Waals surface area contributed by atoms with Crippen LogP contribution in [-0.4, -0.2) is 31.9 Å². The highest BCUT2D eigenvalue weighted by atomic mass is 35.5. The van der Waals surface area contributed by atoms with Gasteiger partial charge in [0.25, 0.3) is 0 Å². The van der Waals surface area contributed by atoms with Crippen LogP contribution in [0.3, 0.4) is 0 Å². The Balaban J connectivity index is 0.00000200. The molecule has 2 rings (SSSR count). The third-order valence-corrected chi connectivity index (χ3v) is 5.88. The SMILES string of the molecule is Cl.NC1CCN(S(=O)(=O)c2c(Cl)cc(F)cc2Cl)CC1. The molecule has 1 saturated heterocycles. The van der Waals surface area contributed by atoms with Gasteiger partial charge >= 0.3 is 0 Å². The smallest absolute Gasteiger partial charge is 0.246 e. The first-order valence-corrected chi connectivity index (χ1v) is 7.92. The van der Waals surface area contributed by atoms with E-state index in [4.69, 9.17) is 28.9 Å². The Morgan fingerprint density at radius 2 is 1.65 bits per heavy atom. The molecule has 1 aromatic carbocycles. The maximum atomic E-state index is 13.1. The molecule has 0 atom stereocenters. The number of sulfonamides is 1. The van der Waals surface area contributed by atoms with Crippen molar-refractivity contribution < 1.29 is 12.8 Å². The second-order valence-electron chi connectivity index (χ2n) is 4.44. The third-order valence-electron chi connectivity index (χ3n) is 3.06. The minimum atomic E-state index is -3.82. The zero-order valence-corrected chi connectivity index (χ0v) is 13.5. The fourth-order valence-corrected chi connectivity index (χ4v) is 4.63. The minimum absolute atomic E-state index is 0. The van der Waals surface area contributed by atoms with Crippen LogP contribution in [0.2, 0.25) is 10.0 Å². The summed E-state index contributed by atoms with van der Waals surface area (Å²) in [6, 6.07) is 1.89. The molecule has 0 amide bonds. The number of piperidine rings is 1. The lowest BCUT2D eigenvalue weighted by Crippen LogP contribution is -2.42. The Morgan fingerprint density at radius 1 is 1.20 bits per heavy atom. The van der Waals surface area contributed by atoms with Crippen molar-refractivity contribution in [2.24, 2.45) is 5.73 Å². The average molecular weight is 364 g/mol. The summed E-state index contributed by atoms with van der Waals surface area (Å²) in [7, 11) is -3.82. The molecular formula is C11H14Cl3FN2O2S. The van der Waals surface area contributed by atoms with E-state index in [0.717, 1.165) is 12.1 Å². The van der Waals surface area contributed by atoms with Crippen molar-refractivity contribution in [3.05, 3.63) is 28.0 Å². The van der Waals surface area contributed by atoms with Crippen LogP contribution >= 0.6 is 35.6 Å². The van der Waals surface area contributed by atoms with E-state index in [1.165, 1.54) is 4.31 Å². The summed E-state index contributed by atoms with van der Waals surface area (Å²) in [5, 5.41) is -0.417.